The molecule has 0 N–H and O–H groups in total. The van der Waals surface area contributed by atoms with Gasteiger partial charge in [0, 0.05) is 0 Å². The Labute approximate surface area is 109 Å². The highest BCUT2D eigenvalue weighted by atomic mass is 32.2. The minimum atomic E-state index is -3.53. The van der Waals surface area contributed by atoms with Gasteiger partial charge in [-0.3, -0.25) is 8.98 Å². The van der Waals surface area contributed by atoms with E-state index >= 15 is 0 Å². The van der Waals surface area contributed by atoms with Gasteiger partial charge in [0.25, 0.3) is 10.1 Å². The molecule has 106 valence electrons. The maximum atomic E-state index is 12.2. The molecule has 1 aliphatic rings. The largest absolute Gasteiger partial charge is 0.459 e. The molecule has 18 heavy (non-hydrogen) atoms. The van der Waals surface area contributed by atoms with E-state index in [1.165, 1.54) is 0 Å². The lowest BCUT2D eigenvalue weighted by Crippen LogP contribution is -2.39. The third-order valence-corrected chi connectivity index (χ3v) is 3.49. The fourth-order valence-corrected chi connectivity index (χ4v) is 2.51. The topological polar surface area (TPSA) is 69.7 Å². The summed E-state index contributed by atoms with van der Waals surface area (Å²) in [6, 6.07) is 0. The molecule has 0 heterocycles. The lowest BCUT2D eigenvalue weighted by molar-refractivity contribution is -0.169. The molecule has 0 saturated heterocycles. The van der Waals surface area contributed by atoms with Crippen LogP contribution in [0.3, 0.4) is 0 Å². The molecule has 0 bridgehead atoms. The minimum Gasteiger partial charge on any atom is -0.459 e. The van der Waals surface area contributed by atoms with Crippen LogP contribution in [-0.2, 0) is 23.8 Å². The first-order valence-electron chi connectivity index (χ1n) is 6.12. The van der Waals surface area contributed by atoms with Crippen LogP contribution in [0.25, 0.3) is 0 Å². The second kappa shape index (κ2) is 5.17. The molecule has 0 radical (unpaired) electrons. The van der Waals surface area contributed by atoms with E-state index in [2.05, 4.69) is 0 Å². The van der Waals surface area contributed by atoms with Crippen molar-refractivity contribution in [3.05, 3.63) is 0 Å². The van der Waals surface area contributed by atoms with Gasteiger partial charge >= 0.3 is 5.97 Å². The maximum Gasteiger partial charge on any atom is 0.314 e. The van der Waals surface area contributed by atoms with E-state index in [9.17, 15) is 13.2 Å². The molecule has 6 heteroatoms. The van der Waals surface area contributed by atoms with Gasteiger partial charge in [-0.1, -0.05) is 12.8 Å². The van der Waals surface area contributed by atoms with Gasteiger partial charge in [-0.25, -0.2) is 0 Å². The zero-order valence-corrected chi connectivity index (χ0v) is 12.3. The standard InChI is InChI=1S/C12H22O5S/c1-11(2,3)17-10(13)12(7-5-6-8-12)9-16-18(4,14)15/h5-9H2,1-4H3. The molecular weight excluding hydrogens is 256 g/mol. The first-order valence-corrected chi connectivity index (χ1v) is 7.94. The smallest absolute Gasteiger partial charge is 0.314 e. The number of carbonyl (C=O) groups excluding carboxylic acids is 1. The third kappa shape index (κ3) is 4.57. The van der Waals surface area contributed by atoms with Crippen LogP contribution in [0.15, 0.2) is 0 Å². The van der Waals surface area contributed by atoms with Gasteiger partial charge in [-0.2, -0.15) is 8.42 Å². The SMILES string of the molecule is CC(C)(C)OC(=O)C1(COS(C)(=O)=O)CCCC1. The van der Waals surface area contributed by atoms with E-state index in [4.69, 9.17) is 8.92 Å². The Morgan fingerprint density at radius 1 is 1.22 bits per heavy atom. The summed E-state index contributed by atoms with van der Waals surface area (Å²) in [5.41, 5.74) is -1.37. The number of esters is 1. The Balaban J connectivity index is 2.77. The molecule has 5 nitrogen and oxygen atoms in total. The van der Waals surface area contributed by atoms with Crippen molar-refractivity contribution in [1.82, 2.24) is 0 Å². The normalized spacial score (nSPS) is 19.8. The fraction of sp³-hybridized carbons (Fsp3) is 0.917. The van der Waals surface area contributed by atoms with Crippen molar-refractivity contribution in [2.24, 2.45) is 5.41 Å². The molecule has 0 aromatic heterocycles. The highest BCUT2D eigenvalue weighted by Crippen LogP contribution is 2.40. The van der Waals surface area contributed by atoms with E-state index < -0.39 is 21.1 Å². The van der Waals surface area contributed by atoms with Crippen LogP contribution in [0.4, 0.5) is 0 Å². The van der Waals surface area contributed by atoms with Crippen LogP contribution in [-0.4, -0.2) is 32.9 Å². The number of ether oxygens (including phenoxy) is 1. The molecule has 0 aromatic rings. The molecule has 0 amide bonds. The van der Waals surface area contributed by atoms with Gasteiger partial charge in [-0.15, -0.1) is 0 Å². The van der Waals surface area contributed by atoms with Gasteiger partial charge in [-0.05, 0) is 33.6 Å². The summed E-state index contributed by atoms with van der Waals surface area (Å²) in [5, 5.41) is 0. The van der Waals surface area contributed by atoms with Crippen molar-refractivity contribution in [2.45, 2.75) is 52.1 Å². The number of carbonyl (C=O) groups is 1. The quantitative estimate of drug-likeness (QED) is 0.580. The van der Waals surface area contributed by atoms with Crippen LogP contribution >= 0.6 is 0 Å². The Hall–Kier alpha value is -0.620. The molecule has 1 aliphatic carbocycles. The zero-order chi connectivity index (χ0) is 14.0. The molecular formula is C12H22O5S. The minimum absolute atomic E-state index is 0.110. The van der Waals surface area contributed by atoms with Gasteiger partial charge in [0.2, 0.25) is 0 Å². The molecule has 0 aromatic carbocycles. The summed E-state index contributed by atoms with van der Waals surface area (Å²) in [4.78, 5) is 12.2. The van der Waals surface area contributed by atoms with Crippen molar-refractivity contribution < 1.29 is 22.1 Å². The summed E-state index contributed by atoms with van der Waals surface area (Å²) in [5.74, 6) is -0.351. The molecule has 0 aliphatic heterocycles. The second-order valence-electron chi connectivity index (χ2n) is 5.96. The lowest BCUT2D eigenvalue weighted by atomic mass is 9.87. The highest BCUT2D eigenvalue weighted by molar-refractivity contribution is 7.85. The Bertz CT molecular complexity index is 399. The van der Waals surface area contributed by atoms with Crippen LogP contribution < -0.4 is 0 Å². The van der Waals surface area contributed by atoms with E-state index in [0.717, 1.165) is 19.1 Å². The first kappa shape index (κ1) is 15.4. The predicted octanol–water partition coefficient (Wildman–Crippen LogP) is 1.86. The van der Waals surface area contributed by atoms with Gasteiger partial charge < -0.3 is 4.74 Å². The summed E-state index contributed by atoms with van der Waals surface area (Å²) in [6.45, 7) is 5.28. The van der Waals surface area contributed by atoms with E-state index in [0.29, 0.717) is 12.8 Å². The van der Waals surface area contributed by atoms with Crippen molar-refractivity contribution in [2.75, 3.05) is 12.9 Å². The predicted molar refractivity (Wildman–Crippen MR) is 67.5 cm³/mol. The van der Waals surface area contributed by atoms with Crippen LogP contribution in [0.2, 0.25) is 0 Å². The molecule has 0 unspecified atom stereocenters. The summed E-state index contributed by atoms with van der Waals surface area (Å²) < 4.78 is 32.3. The van der Waals surface area contributed by atoms with E-state index in [1.54, 1.807) is 20.8 Å². The molecule has 1 saturated carbocycles. The summed E-state index contributed by atoms with van der Waals surface area (Å²) in [7, 11) is -3.53. The van der Waals surface area contributed by atoms with E-state index in [-0.39, 0.29) is 12.6 Å². The first-order chi connectivity index (χ1) is 8.04. The second-order valence-corrected chi connectivity index (χ2v) is 7.60. The van der Waals surface area contributed by atoms with Crippen molar-refractivity contribution >= 4 is 16.1 Å². The van der Waals surface area contributed by atoms with Crippen LogP contribution in [0, 0.1) is 5.41 Å². The Kier molecular flexibility index (Phi) is 4.43. The lowest BCUT2D eigenvalue weighted by Gasteiger charge is -2.30. The van der Waals surface area contributed by atoms with Crippen LogP contribution in [0.1, 0.15) is 46.5 Å². The number of rotatable bonds is 4. The number of hydrogen-bond acceptors (Lipinski definition) is 5. The summed E-state index contributed by atoms with van der Waals surface area (Å²) >= 11 is 0. The fourth-order valence-electron chi connectivity index (χ4n) is 2.07. The highest BCUT2D eigenvalue weighted by Gasteiger charge is 2.45. The van der Waals surface area contributed by atoms with E-state index in [1.807, 2.05) is 0 Å². The van der Waals surface area contributed by atoms with Gasteiger partial charge in [0.1, 0.15) is 5.60 Å². The van der Waals surface area contributed by atoms with Crippen LogP contribution in [0.5, 0.6) is 0 Å². The Morgan fingerprint density at radius 2 is 1.72 bits per heavy atom. The molecule has 0 atom stereocenters. The molecule has 1 rings (SSSR count). The third-order valence-electron chi connectivity index (χ3n) is 2.94. The van der Waals surface area contributed by atoms with Crippen molar-refractivity contribution in [1.29, 1.82) is 0 Å². The molecule has 0 spiro atoms. The number of hydrogen-bond donors (Lipinski definition) is 0. The average molecular weight is 278 g/mol. The zero-order valence-electron chi connectivity index (χ0n) is 11.5. The van der Waals surface area contributed by atoms with Gasteiger partial charge in [0.15, 0.2) is 0 Å². The Morgan fingerprint density at radius 3 is 2.11 bits per heavy atom. The van der Waals surface area contributed by atoms with Crippen molar-refractivity contribution in [3.63, 3.8) is 0 Å². The monoisotopic (exact) mass is 278 g/mol. The van der Waals surface area contributed by atoms with Crippen molar-refractivity contribution in [3.8, 4) is 0 Å². The maximum absolute atomic E-state index is 12.2. The van der Waals surface area contributed by atoms with Gasteiger partial charge in [0.05, 0.1) is 18.3 Å². The average Bonchev–Trinajstić information content (AvgIpc) is 2.60. The molecule has 1 fully saturated rings. The summed E-state index contributed by atoms with van der Waals surface area (Å²) in [6.07, 6.45) is 4.03.